The number of rotatable bonds is 10. The largest absolute Gasteiger partial charge is 0.497 e. The van der Waals surface area contributed by atoms with Crippen molar-refractivity contribution in [3.05, 3.63) is 47.4 Å². The molecule has 4 unspecified atom stereocenters. The molecule has 1 aromatic carbocycles. The molecule has 164 valence electrons. The highest BCUT2D eigenvalue weighted by Gasteiger charge is 2.42. The Bertz CT molecular complexity index is 893. The van der Waals surface area contributed by atoms with Crippen molar-refractivity contribution in [2.45, 2.75) is 51.0 Å². The Hall–Kier alpha value is -2.12. The Balaban J connectivity index is 1.60. The Kier molecular flexibility index (Phi) is 7.72. The second kappa shape index (κ2) is 10.3. The molecule has 3 fully saturated rings. The van der Waals surface area contributed by atoms with Gasteiger partial charge >= 0.3 is 5.97 Å². The van der Waals surface area contributed by atoms with Crippen molar-refractivity contribution < 1.29 is 23.1 Å². The molecule has 7 heteroatoms. The zero-order chi connectivity index (χ0) is 21.6. The van der Waals surface area contributed by atoms with Crippen LogP contribution in [-0.2, 0) is 14.8 Å². The van der Waals surface area contributed by atoms with E-state index in [4.69, 9.17) is 9.84 Å². The molecule has 0 heterocycles. The second-order valence-electron chi connectivity index (χ2n) is 8.31. The van der Waals surface area contributed by atoms with E-state index in [0.29, 0.717) is 29.9 Å². The van der Waals surface area contributed by atoms with E-state index < -0.39 is 16.0 Å². The van der Waals surface area contributed by atoms with Crippen molar-refractivity contribution in [3.8, 4) is 5.75 Å². The molecule has 30 heavy (non-hydrogen) atoms. The van der Waals surface area contributed by atoms with E-state index >= 15 is 0 Å². The molecule has 0 aromatic heterocycles. The molecular weight excluding hydrogens is 402 g/mol. The molecule has 0 radical (unpaired) electrons. The minimum Gasteiger partial charge on any atom is -0.497 e. The highest BCUT2D eigenvalue weighted by molar-refractivity contribution is 7.92. The Labute approximate surface area is 179 Å². The average Bonchev–Trinajstić information content (AvgIpc) is 2.72. The van der Waals surface area contributed by atoms with Crippen molar-refractivity contribution in [1.82, 2.24) is 4.72 Å². The summed E-state index contributed by atoms with van der Waals surface area (Å²) in [4.78, 5) is 10.6. The lowest BCUT2D eigenvalue weighted by Gasteiger charge is -2.46. The van der Waals surface area contributed by atoms with Gasteiger partial charge in [-0.1, -0.05) is 30.7 Å². The molecule has 0 spiro atoms. The van der Waals surface area contributed by atoms with Crippen LogP contribution in [0.4, 0.5) is 0 Å². The van der Waals surface area contributed by atoms with Crippen LogP contribution < -0.4 is 9.46 Å². The Morgan fingerprint density at radius 3 is 2.87 bits per heavy atom. The standard InChI is InChI=1S/C23H31NO5S/c1-29-20-8-5-6-17(15-20)12-13-30(27,28)24-22-16-18-10-11-21(22)19(14-18)7-3-2-4-9-23(25)26/h3,5-8,12-13,15,18-19,21-22,24H,2,4,9-11,14,16H2,1H3,(H,25,26). The number of carboxylic acid groups (broad SMARTS) is 1. The number of carbonyl (C=O) groups is 1. The molecule has 3 aliphatic carbocycles. The Morgan fingerprint density at radius 2 is 2.13 bits per heavy atom. The van der Waals surface area contributed by atoms with Crippen molar-refractivity contribution in [2.24, 2.45) is 17.8 Å². The Morgan fingerprint density at radius 1 is 1.30 bits per heavy atom. The van der Waals surface area contributed by atoms with Gasteiger partial charge in [0.1, 0.15) is 5.75 Å². The quantitative estimate of drug-likeness (QED) is 0.426. The topological polar surface area (TPSA) is 92.7 Å². The predicted molar refractivity (Wildman–Crippen MR) is 117 cm³/mol. The first-order valence-corrected chi connectivity index (χ1v) is 12.1. The van der Waals surface area contributed by atoms with E-state index in [-0.39, 0.29) is 12.5 Å². The molecule has 1 aromatic rings. The van der Waals surface area contributed by atoms with E-state index in [9.17, 15) is 13.2 Å². The van der Waals surface area contributed by atoms with Crippen LogP contribution in [0.2, 0.25) is 0 Å². The lowest BCUT2D eigenvalue weighted by Crippen LogP contribution is -2.49. The van der Waals surface area contributed by atoms with Crippen molar-refractivity contribution in [2.75, 3.05) is 7.11 Å². The van der Waals surface area contributed by atoms with Gasteiger partial charge in [-0.15, -0.1) is 0 Å². The fraction of sp³-hybridized carbons (Fsp3) is 0.522. The van der Waals surface area contributed by atoms with Gasteiger partial charge in [-0.3, -0.25) is 4.79 Å². The second-order valence-corrected chi connectivity index (χ2v) is 9.90. The van der Waals surface area contributed by atoms with E-state index in [1.807, 2.05) is 18.2 Å². The summed E-state index contributed by atoms with van der Waals surface area (Å²) in [6.07, 6.45) is 11.6. The number of aliphatic carboxylic acids is 1. The van der Waals surface area contributed by atoms with Gasteiger partial charge in [-0.05, 0) is 73.6 Å². The zero-order valence-electron chi connectivity index (χ0n) is 17.4. The number of hydrogen-bond acceptors (Lipinski definition) is 4. The van der Waals surface area contributed by atoms with Crippen LogP contribution in [0.3, 0.4) is 0 Å². The summed E-state index contributed by atoms with van der Waals surface area (Å²) in [6, 6.07) is 7.22. The normalized spacial score (nSPS) is 26.4. The maximum absolute atomic E-state index is 12.7. The first-order valence-electron chi connectivity index (χ1n) is 10.6. The van der Waals surface area contributed by atoms with Crippen LogP contribution in [-0.4, -0.2) is 32.6 Å². The molecular formula is C23H31NO5S. The highest BCUT2D eigenvalue weighted by atomic mass is 32.2. The van der Waals surface area contributed by atoms with E-state index in [0.717, 1.165) is 37.7 Å². The summed E-state index contributed by atoms with van der Waals surface area (Å²) in [5, 5.41) is 9.97. The maximum atomic E-state index is 12.7. The molecule has 2 bridgehead atoms. The summed E-state index contributed by atoms with van der Waals surface area (Å²) < 4.78 is 33.4. The fourth-order valence-electron chi connectivity index (χ4n) is 4.73. The molecule has 3 aliphatic rings. The molecule has 4 rings (SSSR count). The molecule has 0 saturated heterocycles. The van der Waals surface area contributed by atoms with Crippen molar-refractivity contribution in [3.63, 3.8) is 0 Å². The van der Waals surface area contributed by atoms with Gasteiger partial charge in [-0.25, -0.2) is 13.1 Å². The number of benzene rings is 1. The summed E-state index contributed by atoms with van der Waals surface area (Å²) in [5.74, 6) is 1.11. The fourth-order valence-corrected chi connectivity index (χ4v) is 5.84. The van der Waals surface area contributed by atoms with Gasteiger partial charge in [0.2, 0.25) is 10.0 Å². The van der Waals surface area contributed by atoms with Crippen LogP contribution in [0.15, 0.2) is 41.8 Å². The minimum atomic E-state index is -3.54. The average molecular weight is 434 g/mol. The van der Waals surface area contributed by atoms with E-state index in [1.165, 1.54) is 5.41 Å². The number of nitrogens with one attached hydrogen (secondary N) is 1. The summed E-state index contributed by atoms with van der Waals surface area (Å²) in [6.45, 7) is 0. The highest BCUT2D eigenvalue weighted by Crippen LogP contribution is 2.46. The summed E-state index contributed by atoms with van der Waals surface area (Å²) in [7, 11) is -1.96. The number of hydrogen-bond donors (Lipinski definition) is 2. The van der Waals surface area contributed by atoms with Gasteiger partial charge < -0.3 is 9.84 Å². The third-order valence-electron chi connectivity index (χ3n) is 6.16. The monoisotopic (exact) mass is 433 g/mol. The summed E-state index contributed by atoms with van der Waals surface area (Å²) >= 11 is 0. The van der Waals surface area contributed by atoms with Crippen LogP contribution in [0.5, 0.6) is 5.75 Å². The van der Waals surface area contributed by atoms with Crippen molar-refractivity contribution in [1.29, 1.82) is 0 Å². The molecule has 0 aliphatic heterocycles. The SMILES string of the molecule is COc1cccc(C=CS(=O)(=O)NC2CC3CCC2C(C=CCCCC(=O)O)C3)c1. The molecule has 2 N–H and O–H groups in total. The molecule has 4 atom stereocenters. The smallest absolute Gasteiger partial charge is 0.303 e. The van der Waals surface area contributed by atoms with Gasteiger partial charge in [0, 0.05) is 17.9 Å². The lowest BCUT2D eigenvalue weighted by molar-refractivity contribution is -0.137. The number of fused-ring (bicyclic) bond motifs is 3. The third kappa shape index (κ3) is 6.44. The number of carboxylic acids is 1. The summed E-state index contributed by atoms with van der Waals surface area (Å²) in [5.41, 5.74) is 0.770. The number of methoxy groups -OCH3 is 1. The van der Waals surface area contributed by atoms with Crippen LogP contribution in [0, 0.1) is 17.8 Å². The van der Waals surface area contributed by atoms with Gasteiger partial charge in [0.25, 0.3) is 0 Å². The van der Waals surface area contributed by atoms with E-state index in [2.05, 4.69) is 16.9 Å². The van der Waals surface area contributed by atoms with Crippen LogP contribution in [0.1, 0.15) is 50.5 Å². The zero-order valence-corrected chi connectivity index (χ0v) is 18.2. The van der Waals surface area contributed by atoms with Gasteiger partial charge in [0.05, 0.1) is 7.11 Å². The molecule has 3 saturated carbocycles. The molecule has 6 nitrogen and oxygen atoms in total. The number of unbranched alkanes of at least 4 members (excludes halogenated alkanes) is 1. The predicted octanol–water partition coefficient (Wildman–Crippen LogP) is 4.20. The van der Waals surface area contributed by atoms with Crippen LogP contribution in [0.25, 0.3) is 6.08 Å². The lowest BCUT2D eigenvalue weighted by atomic mass is 9.62. The number of ether oxygens (including phenoxy) is 1. The van der Waals surface area contributed by atoms with Gasteiger partial charge in [-0.2, -0.15) is 0 Å². The maximum Gasteiger partial charge on any atom is 0.303 e. The first-order chi connectivity index (χ1) is 14.4. The van der Waals surface area contributed by atoms with Gasteiger partial charge in [0.15, 0.2) is 0 Å². The third-order valence-corrected chi connectivity index (χ3v) is 7.29. The number of allylic oxidation sites excluding steroid dienone is 2. The number of sulfonamides is 1. The van der Waals surface area contributed by atoms with Crippen LogP contribution >= 0.6 is 0 Å². The first kappa shape index (κ1) is 22.6. The minimum absolute atomic E-state index is 0.0499. The van der Waals surface area contributed by atoms with E-state index in [1.54, 1.807) is 19.3 Å². The van der Waals surface area contributed by atoms with Crippen molar-refractivity contribution >= 4 is 22.1 Å². The molecule has 0 amide bonds.